The number of aryl methyl sites for hydroxylation is 10. The fourth-order valence-electron chi connectivity index (χ4n) is 13.8. The van der Waals surface area contributed by atoms with E-state index in [4.69, 9.17) is 8.94 Å². The number of hydrogen-bond donors (Lipinski definition) is 7. The van der Waals surface area contributed by atoms with Gasteiger partial charge in [0.15, 0.2) is 11.5 Å². The molecule has 126 heavy (non-hydrogen) atoms. The van der Waals surface area contributed by atoms with E-state index in [-0.39, 0.29) is 0 Å². The molecule has 0 saturated carbocycles. The Morgan fingerprint density at radius 1 is 0.429 bits per heavy atom. The minimum Gasteiger partial charge on any atom is -0.446 e. The Balaban J connectivity index is 0.000000213. The molecule has 678 valence electrons. The van der Waals surface area contributed by atoms with Crippen molar-refractivity contribution in [3.8, 4) is 0 Å². The summed E-state index contributed by atoms with van der Waals surface area (Å²) in [5, 5.41) is 33.7. The Hall–Kier alpha value is -12.0. The van der Waals surface area contributed by atoms with Crippen molar-refractivity contribution in [3.63, 3.8) is 0 Å². The van der Waals surface area contributed by atoms with Gasteiger partial charge < -0.3 is 37.8 Å². The highest BCUT2D eigenvalue weighted by Crippen LogP contribution is 2.28. The van der Waals surface area contributed by atoms with E-state index in [0.29, 0.717) is 71.0 Å². The molecule has 0 bridgehead atoms. The van der Waals surface area contributed by atoms with Crippen molar-refractivity contribution in [2.75, 3.05) is 0 Å². The van der Waals surface area contributed by atoms with Crippen LogP contribution in [0.3, 0.4) is 0 Å². The minimum atomic E-state index is 0.470. The van der Waals surface area contributed by atoms with Gasteiger partial charge in [-0.1, -0.05) is 202 Å². The average Bonchev–Trinajstić information content (AvgIpc) is 1.71. The van der Waals surface area contributed by atoms with Gasteiger partial charge in [0, 0.05) is 133 Å². The van der Waals surface area contributed by atoms with Crippen LogP contribution in [0.5, 0.6) is 0 Å². The van der Waals surface area contributed by atoms with Crippen molar-refractivity contribution in [2.24, 2.45) is 14.1 Å². The van der Waals surface area contributed by atoms with Gasteiger partial charge in [-0.2, -0.15) is 20.4 Å². The average molecular weight is 1710 g/mol. The maximum atomic E-state index is 5.26. The van der Waals surface area contributed by atoms with E-state index in [1.165, 1.54) is 100 Å². The zero-order chi connectivity index (χ0) is 93.3. The first kappa shape index (κ1) is 103. The van der Waals surface area contributed by atoms with Crippen LogP contribution in [-0.4, -0.2) is 104 Å². The highest BCUT2D eigenvalue weighted by molar-refractivity contribution is 5.82. The summed E-state index contributed by atoms with van der Waals surface area (Å²) in [7, 11) is 4.06. The normalized spacial score (nSPS) is 11.0. The van der Waals surface area contributed by atoms with E-state index in [0.717, 1.165) is 62.3 Å². The quantitative estimate of drug-likeness (QED) is 0.0599. The topological polar surface area (TPSA) is 293 Å². The van der Waals surface area contributed by atoms with Crippen molar-refractivity contribution in [3.05, 3.63) is 285 Å². The molecule has 0 aliphatic rings. The van der Waals surface area contributed by atoms with Crippen LogP contribution in [0.4, 0.5) is 0 Å². The van der Waals surface area contributed by atoms with E-state index in [1.807, 2.05) is 134 Å². The van der Waals surface area contributed by atoms with E-state index < -0.39 is 0 Å². The minimum absolute atomic E-state index is 0.470. The number of nitrogens with zero attached hydrogens (tertiary/aromatic N) is 14. The fourth-order valence-corrected chi connectivity index (χ4v) is 13.8. The molecule has 23 nitrogen and oxygen atoms in total. The number of aromatic amines is 7. The van der Waals surface area contributed by atoms with Gasteiger partial charge in [-0.25, -0.2) is 29.9 Å². The first-order chi connectivity index (χ1) is 59.6. The predicted octanol–water partition coefficient (Wildman–Crippen LogP) is 27.6. The number of nitrogens with one attached hydrogen (secondary N) is 7. The zero-order valence-electron chi connectivity index (χ0n) is 82.2. The Morgan fingerprint density at radius 2 is 1.06 bits per heavy atom. The molecule has 14 heterocycles. The Kier molecular flexibility index (Phi) is 41.0. The molecule has 23 heteroatoms. The molecule has 0 atom stereocenters. The van der Waals surface area contributed by atoms with E-state index >= 15 is 0 Å². The monoisotopic (exact) mass is 1710 g/mol. The van der Waals surface area contributed by atoms with Gasteiger partial charge in [0.05, 0.1) is 53.3 Å². The second-order valence-corrected chi connectivity index (χ2v) is 35.8. The standard InChI is InChI=1S/C12H15N.C11H13NO.3C10H12N2.C8H14N2.C8H13NO.4C7H12N2.C6H10N2/c1-9(2)11-5-4-10-6-7-13(3)12(10)8-11;1-7(2)9-4-5-11-10(6-9)8(3)12-13-11;1-7(2)8-3-4-10-9(5-8)6-11-12-10;1-8(2)9-3-4-10-11-5-6-12(10)7-9;1-7(2)9-6-12-10-8(9)4-3-5-11-10;1-5(2)8-6(3)9-10-7(8)4;1-5(2)8-6(3)10-7(4)9-8;1-6(2)7-4-5-8-9(7)3;1-5(2)7-6(3)8-4-9-7;1-5(2)7-4-8-6(3)9-7;1-5(2)7-4-8-9-6(7)3;1-5(2)6-3-7-4-8-6/h4-9H,1-3H3;4-7H,1-3H3;3-7H,1-2H3,(H,11,12);3-8H,1-2H3;3-7H,1-2H3,(H,11,12);5H,1-4H3,(H,9,10);5H,1-4H3;4-6H,1-3H3;3*4-5H,1-3H3,(H,8,9);3-5H,1-2H3,(H,7,8). The van der Waals surface area contributed by atoms with Crippen molar-refractivity contribution < 1.29 is 8.94 Å². The van der Waals surface area contributed by atoms with E-state index in [1.54, 1.807) is 12.7 Å². The predicted molar refractivity (Wildman–Crippen MR) is 524 cm³/mol. The summed E-state index contributed by atoms with van der Waals surface area (Å²) in [4.78, 5) is 37.2. The number of rotatable bonds is 12. The number of fused-ring (bicyclic) bond motifs is 5. The lowest BCUT2D eigenvalue weighted by atomic mass is 10.0. The Bertz CT molecular complexity index is 5610. The summed E-state index contributed by atoms with van der Waals surface area (Å²) in [6.45, 7) is 68.0. The van der Waals surface area contributed by atoms with Crippen LogP contribution >= 0.6 is 0 Å². The van der Waals surface area contributed by atoms with Gasteiger partial charge in [-0.3, -0.25) is 20.0 Å². The molecular formula is C103H149N21O2. The van der Waals surface area contributed by atoms with E-state index in [9.17, 15) is 0 Å². The Labute approximate surface area is 750 Å². The molecule has 14 aromatic heterocycles. The highest BCUT2D eigenvalue weighted by atomic mass is 16.5. The molecular weight excluding hydrogens is 1560 g/mol. The van der Waals surface area contributed by atoms with E-state index in [2.05, 4.69) is 365 Å². The van der Waals surface area contributed by atoms with Crippen LogP contribution < -0.4 is 0 Å². The molecule has 0 spiro atoms. The number of oxazole rings is 1. The van der Waals surface area contributed by atoms with Gasteiger partial charge in [0.2, 0.25) is 0 Å². The molecule has 0 aliphatic heterocycles. The lowest BCUT2D eigenvalue weighted by molar-refractivity contribution is 0.450. The summed E-state index contributed by atoms with van der Waals surface area (Å²) < 4.78 is 16.5. The molecule has 0 saturated heterocycles. The zero-order valence-corrected chi connectivity index (χ0v) is 82.2. The van der Waals surface area contributed by atoms with Crippen LogP contribution in [0.25, 0.3) is 49.5 Å². The summed E-state index contributed by atoms with van der Waals surface area (Å²) >= 11 is 0. The number of H-pyrrole nitrogens is 7. The fraction of sp³-hybridized carbons (Fsp3) is 0.447. The number of aromatic nitrogens is 21. The number of hydrogen-bond acceptors (Lipinski definition) is 13. The van der Waals surface area contributed by atoms with Crippen molar-refractivity contribution in [1.29, 1.82) is 0 Å². The van der Waals surface area contributed by atoms with Gasteiger partial charge in [0.25, 0.3) is 0 Å². The molecule has 3 aromatic carbocycles. The molecule has 0 amide bonds. The number of benzene rings is 3. The third-order valence-corrected chi connectivity index (χ3v) is 21.3. The third kappa shape index (κ3) is 31.6. The first-order valence-corrected chi connectivity index (χ1v) is 44.7. The summed E-state index contributed by atoms with van der Waals surface area (Å²) in [5.41, 5.74) is 26.4. The second kappa shape index (κ2) is 50.2. The smallest absolute Gasteiger partial charge is 0.191 e. The summed E-state index contributed by atoms with van der Waals surface area (Å²) in [6, 6.07) is 31.8. The van der Waals surface area contributed by atoms with Crippen molar-refractivity contribution >= 4 is 49.5 Å². The molecule has 7 N–H and O–H groups in total. The van der Waals surface area contributed by atoms with Crippen LogP contribution in [0.1, 0.15) is 351 Å². The van der Waals surface area contributed by atoms with Crippen molar-refractivity contribution in [1.82, 2.24) is 104 Å². The maximum absolute atomic E-state index is 5.26. The summed E-state index contributed by atoms with van der Waals surface area (Å²) in [5.74, 6) is 9.49. The molecule has 0 unspecified atom stereocenters. The van der Waals surface area contributed by atoms with Crippen molar-refractivity contribution in [2.45, 2.75) is 293 Å². The highest BCUT2D eigenvalue weighted by Gasteiger charge is 2.14. The Morgan fingerprint density at radius 3 is 1.53 bits per heavy atom. The van der Waals surface area contributed by atoms with Crippen LogP contribution in [0.2, 0.25) is 0 Å². The largest absolute Gasteiger partial charge is 0.446 e. The number of pyridine rings is 2. The van der Waals surface area contributed by atoms with Gasteiger partial charge in [-0.15, -0.1) is 0 Å². The lowest BCUT2D eigenvalue weighted by Crippen LogP contribution is -1.98. The molecule has 0 radical (unpaired) electrons. The molecule has 0 fully saturated rings. The molecule has 17 rings (SSSR count). The first-order valence-electron chi connectivity index (χ1n) is 44.7. The molecule has 17 aromatic rings. The number of imidazole rings is 4. The van der Waals surface area contributed by atoms with Gasteiger partial charge in [-0.05, 0) is 224 Å². The SMILES string of the molecule is CC(C)c1c[nH]c2ncccc12.CC(C)c1ccc2[nH]ncc2c1.CC(C)c1ccc2ccn(C)c2c1.CC(C)c1ccc2nccn2c1.CC(C)c1ccnn1C.CC(C)c1cnc[nH]1.Cc1[nH]cnc1C(C)C.Cc1[nH]ncc1C(C)C.Cc1n[nH]c(C)c1C(C)C.Cc1nc(C(C)C)c(C)o1.Cc1ncc(C(C)C)[nH]1.Cc1noc2ccc(C(C)C)cc12. The van der Waals surface area contributed by atoms with Crippen LogP contribution in [0.15, 0.2) is 181 Å². The van der Waals surface area contributed by atoms with Crippen LogP contribution in [-0.2, 0) is 14.1 Å². The lowest BCUT2D eigenvalue weighted by Gasteiger charge is -2.05. The molecule has 0 aliphatic carbocycles. The van der Waals surface area contributed by atoms with Gasteiger partial charge >= 0.3 is 0 Å². The van der Waals surface area contributed by atoms with Crippen LogP contribution in [0, 0.1) is 55.4 Å². The summed E-state index contributed by atoms with van der Waals surface area (Å²) in [6.07, 6.45) is 24.6. The maximum Gasteiger partial charge on any atom is 0.191 e. The third-order valence-electron chi connectivity index (χ3n) is 21.3. The second-order valence-electron chi connectivity index (χ2n) is 35.8. The van der Waals surface area contributed by atoms with Gasteiger partial charge in [0.1, 0.15) is 22.9 Å².